The van der Waals surface area contributed by atoms with Gasteiger partial charge in [-0.2, -0.15) is 0 Å². The molecule has 22 heavy (non-hydrogen) atoms. The van der Waals surface area contributed by atoms with Crippen LogP contribution in [0.1, 0.15) is 11.6 Å². The van der Waals surface area contributed by atoms with Gasteiger partial charge in [0.25, 0.3) is 5.91 Å². The van der Waals surface area contributed by atoms with E-state index >= 15 is 0 Å². The van der Waals surface area contributed by atoms with Gasteiger partial charge < -0.3 is 20.3 Å². The van der Waals surface area contributed by atoms with Crippen LogP contribution in [0.5, 0.6) is 0 Å². The molecule has 116 valence electrons. The molecule has 2 aliphatic heterocycles. The Morgan fingerprint density at radius 3 is 2.73 bits per heavy atom. The molecule has 0 aliphatic carbocycles. The van der Waals surface area contributed by atoms with Crippen LogP contribution in [-0.2, 0) is 9.53 Å². The fraction of sp³-hybridized carbons (Fsp3) is 0.333. The number of methoxy groups -OCH3 is 1. The van der Waals surface area contributed by atoms with Crippen molar-refractivity contribution in [2.24, 2.45) is 0 Å². The van der Waals surface area contributed by atoms with E-state index in [1.807, 2.05) is 0 Å². The first-order chi connectivity index (χ1) is 10.6. The van der Waals surface area contributed by atoms with E-state index in [4.69, 9.17) is 4.74 Å². The molecular formula is C15H16FN3O3. The SMILES string of the molecule is COCCN1CC2=C(C1=O)C(c1ccc(F)cc1)NC(=O)N2. The molecule has 1 atom stereocenters. The lowest BCUT2D eigenvalue weighted by molar-refractivity contribution is -0.126. The van der Waals surface area contributed by atoms with Crippen molar-refractivity contribution >= 4 is 11.9 Å². The third-order valence-corrected chi connectivity index (χ3v) is 3.79. The minimum absolute atomic E-state index is 0.145. The number of carbonyl (C=O) groups excluding carboxylic acids is 2. The van der Waals surface area contributed by atoms with Crippen LogP contribution < -0.4 is 10.6 Å². The van der Waals surface area contributed by atoms with Crippen molar-refractivity contribution < 1.29 is 18.7 Å². The van der Waals surface area contributed by atoms with Crippen LogP contribution in [0.2, 0.25) is 0 Å². The number of urea groups is 1. The minimum Gasteiger partial charge on any atom is -0.383 e. The summed E-state index contributed by atoms with van der Waals surface area (Å²) in [7, 11) is 1.57. The van der Waals surface area contributed by atoms with E-state index in [0.717, 1.165) is 0 Å². The number of ether oxygens (including phenoxy) is 1. The zero-order valence-electron chi connectivity index (χ0n) is 12.1. The van der Waals surface area contributed by atoms with Gasteiger partial charge >= 0.3 is 6.03 Å². The molecule has 6 nitrogen and oxygen atoms in total. The third kappa shape index (κ3) is 2.55. The predicted octanol–water partition coefficient (Wildman–Crippen LogP) is 0.922. The van der Waals surface area contributed by atoms with Crippen molar-refractivity contribution in [1.82, 2.24) is 15.5 Å². The topological polar surface area (TPSA) is 70.7 Å². The molecule has 0 fully saturated rings. The number of amides is 3. The molecule has 0 aromatic heterocycles. The fourth-order valence-corrected chi connectivity index (χ4v) is 2.72. The average molecular weight is 305 g/mol. The van der Waals surface area contributed by atoms with Crippen molar-refractivity contribution in [1.29, 1.82) is 0 Å². The van der Waals surface area contributed by atoms with Crippen LogP contribution >= 0.6 is 0 Å². The molecule has 0 saturated carbocycles. The summed E-state index contributed by atoms with van der Waals surface area (Å²) in [5.74, 6) is -0.508. The van der Waals surface area contributed by atoms with Crippen LogP contribution in [0.4, 0.5) is 9.18 Å². The van der Waals surface area contributed by atoms with Gasteiger partial charge in [-0.1, -0.05) is 12.1 Å². The number of rotatable bonds is 4. The Kier molecular flexibility index (Phi) is 3.81. The van der Waals surface area contributed by atoms with Gasteiger partial charge in [-0.05, 0) is 17.7 Å². The third-order valence-electron chi connectivity index (χ3n) is 3.79. The zero-order valence-corrected chi connectivity index (χ0v) is 12.1. The van der Waals surface area contributed by atoms with E-state index in [-0.39, 0.29) is 17.8 Å². The Morgan fingerprint density at radius 2 is 2.05 bits per heavy atom. The molecule has 0 radical (unpaired) electrons. The summed E-state index contributed by atoms with van der Waals surface area (Å²) in [5, 5.41) is 5.40. The summed E-state index contributed by atoms with van der Waals surface area (Å²) >= 11 is 0. The monoisotopic (exact) mass is 305 g/mol. The Balaban J connectivity index is 1.90. The molecule has 7 heteroatoms. The quantitative estimate of drug-likeness (QED) is 0.869. The maximum absolute atomic E-state index is 13.1. The molecule has 2 aliphatic rings. The molecular weight excluding hydrogens is 289 g/mol. The van der Waals surface area contributed by atoms with Gasteiger partial charge in [0.2, 0.25) is 0 Å². The molecule has 2 heterocycles. The zero-order chi connectivity index (χ0) is 15.7. The molecule has 1 unspecified atom stereocenters. The van der Waals surface area contributed by atoms with Gasteiger partial charge in [-0.15, -0.1) is 0 Å². The van der Waals surface area contributed by atoms with Gasteiger partial charge in [0.05, 0.1) is 30.5 Å². The lowest BCUT2D eigenvalue weighted by Gasteiger charge is -2.25. The van der Waals surface area contributed by atoms with Crippen LogP contribution in [0.15, 0.2) is 35.5 Å². The maximum Gasteiger partial charge on any atom is 0.319 e. The van der Waals surface area contributed by atoms with Crippen LogP contribution in [0.3, 0.4) is 0 Å². The van der Waals surface area contributed by atoms with Gasteiger partial charge in [0.15, 0.2) is 0 Å². The minimum atomic E-state index is -0.565. The molecule has 2 N–H and O–H groups in total. The van der Waals surface area contributed by atoms with Gasteiger partial charge in [-0.3, -0.25) is 4.79 Å². The summed E-state index contributed by atoms with van der Waals surface area (Å²) in [6, 6.07) is 4.83. The summed E-state index contributed by atoms with van der Waals surface area (Å²) in [4.78, 5) is 26.0. The number of carbonyl (C=O) groups is 2. The summed E-state index contributed by atoms with van der Waals surface area (Å²) < 4.78 is 18.1. The summed E-state index contributed by atoms with van der Waals surface area (Å²) in [5.41, 5.74) is 1.77. The van der Waals surface area contributed by atoms with E-state index in [1.165, 1.54) is 12.1 Å². The van der Waals surface area contributed by atoms with Crippen molar-refractivity contribution in [2.75, 3.05) is 26.8 Å². The fourth-order valence-electron chi connectivity index (χ4n) is 2.72. The van der Waals surface area contributed by atoms with Crippen LogP contribution in [0.25, 0.3) is 0 Å². The van der Waals surface area contributed by atoms with E-state index in [9.17, 15) is 14.0 Å². The highest BCUT2D eigenvalue weighted by molar-refractivity contribution is 6.01. The Hall–Kier alpha value is -2.41. The predicted molar refractivity (Wildman–Crippen MR) is 76.3 cm³/mol. The summed E-state index contributed by atoms with van der Waals surface area (Å²) in [6.45, 7) is 1.23. The first-order valence-corrected chi connectivity index (χ1v) is 6.94. The second-order valence-electron chi connectivity index (χ2n) is 5.19. The molecule has 0 saturated heterocycles. The number of benzene rings is 1. The number of nitrogens with one attached hydrogen (secondary N) is 2. The molecule has 0 bridgehead atoms. The lowest BCUT2D eigenvalue weighted by atomic mass is 9.96. The molecule has 0 spiro atoms. The second kappa shape index (κ2) is 5.76. The number of hydrogen-bond acceptors (Lipinski definition) is 3. The standard InChI is InChI=1S/C15H16FN3O3/c1-22-7-6-19-8-11-12(14(19)20)13(18-15(21)17-11)9-2-4-10(16)5-3-9/h2-5,13H,6-8H2,1H3,(H2,17,18,21). The highest BCUT2D eigenvalue weighted by atomic mass is 19.1. The first kappa shape index (κ1) is 14.5. The highest BCUT2D eigenvalue weighted by Crippen LogP contribution is 2.32. The van der Waals surface area contributed by atoms with E-state index in [1.54, 1.807) is 24.1 Å². The van der Waals surface area contributed by atoms with E-state index < -0.39 is 6.04 Å². The normalized spacial score (nSPS) is 20.8. The number of hydrogen-bond donors (Lipinski definition) is 2. The molecule has 1 aromatic rings. The number of halogens is 1. The molecule has 3 amide bonds. The molecule has 3 rings (SSSR count). The summed E-state index contributed by atoms with van der Waals surface area (Å²) in [6.07, 6.45) is 0. The van der Waals surface area contributed by atoms with Crippen LogP contribution in [0, 0.1) is 5.82 Å². The van der Waals surface area contributed by atoms with E-state index in [0.29, 0.717) is 36.5 Å². The van der Waals surface area contributed by atoms with Gasteiger partial charge in [0, 0.05) is 13.7 Å². The Morgan fingerprint density at radius 1 is 1.32 bits per heavy atom. The van der Waals surface area contributed by atoms with Gasteiger partial charge in [0.1, 0.15) is 5.82 Å². The number of nitrogens with zero attached hydrogens (tertiary/aromatic N) is 1. The second-order valence-corrected chi connectivity index (χ2v) is 5.19. The van der Waals surface area contributed by atoms with Crippen molar-refractivity contribution in [3.05, 3.63) is 46.9 Å². The smallest absolute Gasteiger partial charge is 0.319 e. The largest absolute Gasteiger partial charge is 0.383 e. The van der Waals surface area contributed by atoms with E-state index in [2.05, 4.69) is 10.6 Å². The van der Waals surface area contributed by atoms with Crippen molar-refractivity contribution in [2.45, 2.75) is 6.04 Å². The Bertz CT molecular complexity index is 642. The average Bonchev–Trinajstić information content (AvgIpc) is 2.81. The highest BCUT2D eigenvalue weighted by Gasteiger charge is 2.40. The van der Waals surface area contributed by atoms with Crippen molar-refractivity contribution in [3.8, 4) is 0 Å². The Labute approximate surface area is 126 Å². The van der Waals surface area contributed by atoms with Crippen molar-refractivity contribution in [3.63, 3.8) is 0 Å². The molecule has 1 aromatic carbocycles. The van der Waals surface area contributed by atoms with Gasteiger partial charge in [-0.25, -0.2) is 9.18 Å². The first-order valence-electron chi connectivity index (χ1n) is 6.94. The lowest BCUT2D eigenvalue weighted by Crippen LogP contribution is -2.44. The maximum atomic E-state index is 13.1. The van der Waals surface area contributed by atoms with Crippen LogP contribution in [-0.4, -0.2) is 43.6 Å².